The summed E-state index contributed by atoms with van der Waals surface area (Å²) < 4.78 is 10.5. The van der Waals surface area contributed by atoms with Crippen LogP contribution in [0.1, 0.15) is 74.7 Å². The molecule has 1 unspecified atom stereocenters. The number of hydrogen-bond acceptors (Lipinski definition) is 7. The summed E-state index contributed by atoms with van der Waals surface area (Å²) in [5.74, 6) is -1.07. The number of carbonyl (C=O) groups is 4. The summed E-state index contributed by atoms with van der Waals surface area (Å²) >= 11 is 1.40. The minimum absolute atomic E-state index is 0.0733. The second kappa shape index (κ2) is 10.9. The molecule has 2 aliphatic rings. The van der Waals surface area contributed by atoms with Gasteiger partial charge in [0.1, 0.15) is 5.00 Å². The van der Waals surface area contributed by atoms with E-state index in [1.165, 1.54) is 11.3 Å². The Labute approximate surface area is 205 Å². The van der Waals surface area contributed by atoms with Crippen LogP contribution in [0.15, 0.2) is 0 Å². The van der Waals surface area contributed by atoms with Gasteiger partial charge in [0.25, 0.3) is 5.91 Å². The van der Waals surface area contributed by atoms with Crippen molar-refractivity contribution in [1.82, 2.24) is 4.90 Å². The Morgan fingerprint density at radius 2 is 1.76 bits per heavy atom. The third-order valence-electron chi connectivity index (χ3n) is 6.35. The van der Waals surface area contributed by atoms with Crippen molar-refractivity contribution in [3.05, 3.63) is 16.0 Å². The first kappa shape index (κ1) is 26.2. The van der Waals surface area contributed by atoms with Crippen LogP contribution in [-0.4, -0.2) is 55.0 Å². The first-order valence-electron chi connectivity index (χ1n) is 12.1. The van der Waals surface area contributed by atoms with Gasteiger partial charge in [0, 0.05) is 23.4 Å². The zero-order valence-corrected chi connectivity index (χ0v) is 21.6. The van der Waals surface area contributed by atoms with Crippen LogP contribution in [-0.2, 0) is 36.7 Å². The molecule has 1 N–H and O–H groups in total. The number of carbonyl (C=O) groups excluding carboxylic acids is 4. The summed E-state index contributed by atoms with van der Waals surface area (Å²) in [5.41, 5.74) is 0.946. The lowest BCUT2D eigenvalue weighted by molar-refractivity contribution is -0.155. The molecule has 1 aliphatic carbocycles. The Morgan fingerprint density at radius 1 is 1.09 bits per heavy atom. The summed E-state index contributed by atoms with van der Waals surface area (Å²) in [5, 5.41) is 3.23. The number of rotatable bonds is 6. The normalized spacial score (nSPS) is 18.7. The Balaban J connectivity index is 1.56. The molecule has 0 aromatic carbocycles. The molecule has 0 bridgehead atoms. The van der Waals surface area contributed by atoms with E-state index in [0.717, 1.165) is 29.7 Å². The lowest BCUT2D eigenvalue weighted by Gasteiger charge is -2.34. The SMILES string of the molecule is CCOC(=O)c1c(NC(=O)COC(=O)C2CCN(C(=O)C(C)(C)C)CC2)sc2c1CCC(C)C2. The van der Waals surface area contributed by atoms with E-state index < -0.39 is 29.9 Å². The van der Waals surface area contributed by atoms with Gasteiger partial charge in [-0.05, 0) is 50.5 Å². The maximum atomic E-state index is 12.6. The Morgan fingerprint density at radius 3 is 2.38 bits per heavy atom. The average Bonchev–Trinajstić information content (AvgIpc) is 3.13. The minimum atomic E-state index is -0.481. The second-order valence-electron chi connectivity index (χ2n) is 10.2. The number of hydrogen-bond donors (Lipinski definition) is 1. The molecule has 34 heavy (non-hydrogen) atoms. The Bertz CT molecular complexity index is 940. The summed E-state index contributed by atoms with van der Waals surface area (Å²) in [4.78, 5) is 53.0. The molecule has 1 aliphatic heterocycles. The summed E-state index contributed by atoms with van der Waals surface area (Å²) in [6, 6.07) is 0. The lowest BCUT2D eigenvalue weighted by Crippen LogP contribution is -2.45. The van der Waals surface area contributed by atoms with E-state index in [9.17, 15) is 19.2 Å². The monoisotopic (exact) mass is 492 g/mol. The fraction of sp³-hybridized carbons (Fsp3) is 0.680. The predicted molar refractivity (Wildman–Crippen MR) is 130 cm³/mol. The molecule has 2 heterocycles. The number of anilines is 1. The van der Waals surface area contributed by atoms with Gasteiger partial charge in [0.15, 0.2) is 6.61 Å². The van der Waals surface area contributed by atoms with E-state index in [2.05, 4.69) is 12.2 Å². The number of nitrogens with zero attached hydrogens (tertiary/aromatic N) is 1. The Kier molecular flexibility index (Phi) is 8.38. The highest BCUT2D eigenvalue weighted by Gasteiger charge is 2.33. The number of likely N-dealkylation sites (tertiary alicyclic amines) is 1. The molecule has 1 atom stereocenters. The number of thiophene rings is 1. The van der Waals surface area contributed by atoms with Crippen LogP contribution in [0, 0.1) is 17.3 Å². The van der Waals surface area contributed by atoms with Crippen molar-refractivity contribution in [2.24, 2.45) is 17.3 Å². The van der Waals surface area contributed by atoms with Crippen molar-refractivity contribution in [2.45, 2.75) is 66.7 Å². The van der Waals surface area contributed by atoms with Gasteiger partial charge in [0.2, 0.25) is 5.91 Å². The van der Waals surface area contributed by atoms with Crippen LogP contribution in [0.25, 0.3) is 0 Å². The van der Waals surface area contributed by atoms with Crippen LogP contribution >= 0.6 is 11.3 Å². The maximum Gasteiger partial charge on any atom is 0.341 e. The fourth-order valence-corrected chi connectivity index (χ4v) is 5.88. The van der Waals surface area contributed by atoms with E-state index in [4.69, 9.17) is 9.47 Å². The molecule has 0 radical (unpaired) electrons. The molecule has 1 aromatic heterocycles. The number of nitrogens with one attached hydrogen (secondary N) is 1. The fourth-order valence-electron chi connectivity index (χ4n) is 4.47. The highest BCUT2D eigenvalue weighted by Crippen LogP contribution is 2.40. The van der Waals surface area contributed by atoms with E-state index >= 15 is 0 Å². The average molecular weight is 493 g/mol. The molecular formula is C25H36N2O6S. The third-order valence-corrected chi connectivity index (χ3v) is 7.52. The van der Waals surface area contributed by atoms with Gasteiger partial charge < -0.3 is 19.7 Å². The van der Waals surface area contributed by atoms with Gasteiger partial charge in [0.05, 0.1) is 18.1 Å². The van der Waals surface area contributed by atoms with Crippen molar-refractivity contribution in [1.29, 1.82) is 0 Å². The topological polar surface area (TPSA) is 102 Å². The maximum absolute atomic E-state index is 12.6. The van der Waals surface area contributed by atoms with Gasteiger partial charge in [-0.2, -0.15) is 0 Å². The number of ether oxygens (including phenoxy) is 2. The van der Waals surface area contributed by atoms with Gasteiger partial charge in [-0.25, -0.2) is 4.79 Å². The molecule has 1 aromatic rings. The highest BCUT2D eigenvalue weighted by molar-refractivity contribution is 7.17. The molecule has 188 valence electrons. The molecule has 1 fully saturated rings. The number of fused-ring (bicyclic) bond motifs is 1. The zero-order chi connectivity index (χ0) is 25.0. The molecule has 0 spiro atoms. The van der Waals surface area contributed by atoms with E-state index in [-0.39, 0.29) is 18.4 Å². The minimum Gasteiger partial charge on any atom is -0.462 e. The third kappa shape index (κ3) is 6.17. The van der Waals surface area contributed by atoms with Crippen LogP contribution in [0.2, 0.25) is 0 Å². The number of esters is 2. The first-order valence-corrected chi connectivity index (χ1v) is 12.9. The van der Waals surface area contributed by atoms with Crippen molar-refractivity contribution in [3.8, 4) is 0 Å². The van der Waals surface area contributed by atoms with Gasteiger partial charge in [-0.1, -0.05) is 27.7 Å². The number of amides is 2. The Hall–Kier alpha value is -2.42. The van der Waals surface area contributed by atoms with Gasteiger partial charge in [-0.3, -0.25) is 14.4 Å². The van der Waals surface area contributed by atoms with Crippen molar-refractivity contribution in [3.63, 3.8) is 0 Å². The zero-order valence-electron chi connectivity index (χ0n) is 20.8. The summed E-state index contributed by atoms with van der Waals surface area (Å²) in [6.45, 7) is 10.4. The molecule has 1 saturated heterocycles. The molecule has 0 saturated carbocycles. The lowest BCUT2D eigenvalue weighted by atomic mass is 9.88. The van der Waals surface area contributed by atoms with E-state index in [0.29, 0.717) is 42.4 Å². The van der Waals surface area contributed by atoms with Gasteiger partial charge in [-0.15, -0.1) is 11.3 Å². The smallest absolute Gasteiger partial charge is 0.341 e. The molecule has 8 nitrogen and oxygen atoms in total. The molecular weight excluding hydrogens is 456 g/mol. The van der Waals surface area contributed by atoms with E-state index in [1.54, 1.807) is 11.8 Å². The quantitative estimate of drug-likeness (QED) is 0.606. The van der Waals surface area contributed by atoms with Crippen LogP contribution in [0.5, 0.6) is 0 Å². The molecule has 9 heteroatoms. The van der Waals surface area contributed by atoms with Crippen LogP contribution in [0.4, 0.5) is 5.00 Å². The second-order valence-corrected chi connectivity index (χ2v) is 11.4. The van der Waals surface area contributed by atoms with Crippen LogP contribution in [0.3, 0.4) is 0 Å². The standard InChI is InChI=1S/C25H36N2O6S/c1-6-32-23(30)20-17-8-7-15(2)13-18(17)34-21(20)26-19(28)14-33-22(29)16-9-11-27(12-10-16)24(31)25(3,4)5/h15-16H,6-14H2,1-5H3,(H,26,28). The summed E-state index contributed by atoms with van der Waals surface area (Å²) in [6.07, 6.45) is 3.67. The van der Waals surface area contributed by atoms with Gasteiger partial charge >= 0.3 is 11.9 Å². The first-order chi connectivity index (χ1) is 16.0. The molecule has 3 rings (SSSR count). The van der Waals surface area contributed by atoms with Crippen LogP contribution < -0.4 is 5.32 Å². The highest BCUT2D eigenvalue weighted by atomic mass is 32.1. The predicted octanol–water partition coefficient (Wildman–Crippen LogP) is 3.82. The van der Waals surface area contributed by atoms with Crippen molar-refractivity contribution >= 4 is 40.1 Å². The molecule has 2 amide bonds. The number of piperidine rings is 1. The van der Waals surface area contributed by atoms with E-state index in [1.807, 2.05) is 20.8 Å². The van der Waals surface area contributed by atoms with Crippen molar-refractivity contribution < 1.29 is 28.7 Å². The largest absolute Gasteiger partial charge is 0.462 e. The van der Waals surface area contributed by atoms with Crippen molar-refractivity contribution in [2.75, 3.05) is 31.6 Å². The summed E-state index contributed by atoms with van der Waals surface area (Å²) in [7, 11) is 0.